The van der Waals surface area contributed by atoms with Gasteiger partial charge in [0.25, 0.3) is 0 Å². The van der Waals surface area contributed by atoms with E-state index in [9.17, 15) is 8.42 Å². The first-order chi connectivity index (χ1) is 13.7. The quantitative estimate of drug-likeness (QED) is 0.614. The van der Waals surface area contributed by atoms with Gasteiger partial charge in [-0.3, -0.25) is 4.98 Å². The van der Waals surface area contributed by atoms with Gasteiger partial charge in [-0.25, -0.2) is 13.1 Å². The predicted octanol–water partition coefficient (Wildman–Crippen LogP) is 5.14. The van der Waals surface area contributed by atoms with E-state index in [1.54, 1.807) is 18.3 Å². The molecule has 0 radical (unpaired) electrons. The van der Waals surface area contributed by atoms with E-state index in [2.05, 4.69) is 22.7 Å². The summed E-state index contributed by atoms with van der Waals surface area (Å²) < 4.78 is 29.2. The number of rotatable bonds is 6. The summed E-state index contributed by atoms with van der Waals surface area (Å²) in [6.45, 7) is 9.65. The summed E-state index contributed by atoms with van der Waals surface area (Å²) in [6, 6.07) is 15.4. The minimum atomic E-state index is -3.67. The van der Waals surface area contributed by atoms with Gasteiger partial charge in [0.1, 0.15) is 0 Å². The monoisotopic (exact) mass is 408 g/mol. The summed E-state index contributed by atoms with van der Waals surface area (Å²) in [4.78, 5) is 4.54. The van der Waals surface area contributed by atoms with Gasteiger partial charge in [0.2, 0.25) is 10.0 Å². The molecule has 0 aliphatic rings. The molecule has 0 saturated heterocycles. The molecule has 0 bridgehead atoms. The topological polar surface area (TPSA) is 59.1 Å². The Morgan fingerprint density at radius 3 is 2.48 bits per heavy atom. The minimum absolute atomic E-state index is 0.323. The van der Waals surface area contributed by atoms with E-state index in [4.69, 9.17) is 0 Å². The first-order valence-electron chi connectivity index (χ1n) is 9.79. The highest BCUT2D eigenvalue weighted by molar-refractivity contribution is 7.89. The lowest BCUT2D eigenvalue weighted by atomic mass is 9.91. The molecule has 0 fully saturated rings. The maximum absolute atomic E-state index is 13.1. The fourth-order valence-corrected chi connectivity index (χ4v) is 5.25. The van der Waals surface area contributed by atoms with Crippen LogP contribution in [0.25, 0.3) is 11.1 Å². The van der Waals surface area contributed by atoms with E-state index >= 15 is 0 Å². The van der Waals surface area contributed by atoms with Gasteiger partial charge in [-0.2, -0.15) is 0 Å². The van der Waals surface area contributed by atoms with Crippen molar-refractivity contribution in [2.75, 3.05) is 0 Å². The Labute approximate surface area is 174 Å². The zero-order valence-electron chi connectivity index (χ0n) is 17.7. The van der Waals surface area contributed by atoms with E-state index in [-0.39, 0.29) is 0 Å². The van der Waals surface area contributed by atoms with Crippen LogP contribution in [0.4, 0.5) is 0 Å². The smallest absolute Gasteiger partial charge is 0.241 e. The van der Waals surface area contributed by atoms with Crippen molar-refractivity contribution in [3.05, 3.63) is 83.2 Å². The molecular formula is C24H28N2O2S. The first kappa shape index (κ1) is 21.2. The highest BCUT2D eigenvalue weighted by Gasteiger charge is 2.29. The Balaban J connectivity index is 1.99. The molecule has 0 aliphatic heterocycles. The second-order valence-corrected chi connectivity index (χ2v) is 9.55. The lowest BCUT2D eigenvalue weighted by Gasteiger charge is -2.28. The number of hydrogen-bond acceptors (Lipinski definition) is 3. The molecular weight excluding hydrogens is 380 g/mol. The van der Waals surface area contributed by atoms with Crippen LogP contribution in [0.2, 0.25) is 0 Å². The van der Waals surface area contributed by atoms with Gasteiger partial charge >= 0.3 is 0 Å². The van der Waals surface area contributed by atoms with E-state index in [1.165, 1.54) is 5.56 Å². The molecule has 1 aromatic heterocycles. The van der Waals surface area contributed by atoms with Crippen LogP contribution < -0.4 is 4.72 Å². The van der Waals surface area contributed by atoms with Crippen molar-refractivity contribution in [1.82, 2.24) is 9.71 Å². The Hall–Kier alpha value is -2.50. The van der Waals surface area contributed by atoms with Crippen LogP contribution in [0.15, 0.2) is 65.8 Å². The van der Waals surface area contributed by atoms with Crippen molar-refractivity contribution in [2.45, 2.75) is 51.5 Å². The normalized spacial score (nSPS) is 12.2. The van der Waals surface area contributed by atoms with Gasteiger partial charge < -0.3 is 0 Å². The van der Waals surface area contributed by atoms with Crippen LogP contribution >= 0.6 is 0 Å². The third-order valence-electron chi connectivity index (χ3n) is 5.41. The van der Waals surface area contributed by atoms with Gasteiger partial charge in [0.05, 0.1) is 10.4 Å². The van der Waals surface area contributed by atoms with Crippen LogP contribution in [0.5, 0.6) is 0 Å². The molecule has 0 unspecified atom stereocenters. The largest absolute Gasteiger partial charge is 0.264 e. The Kier molecular flexibility index (Phi) is 5.92. The molecule has 4 nitrogen and oxygen atoms in total. The van der Waals surface area contributed by atoms with E-state index in [1.807, 2.05) is 64.2 Å². The molecule has 1 N–H and O–H groups in total. The summed E-state index contributed by atoms with van der Waals surface area (Å²) in [5, 5.41) is 0. The summed E-state index contributed by atoms with van der Waals surface area (Å²) >= 11 is 0. The van der Waals surface area contributed by atoms with Crippen LogP contribution in [0.3, 0.4) is 0 Å². The van der Waals surface area contributed by atoms with Crippen LogP contribution in [0.1, 0.15) is 43.0 Å². The zero-order valence-corrected chi connectivity index (χ0v) is 18.5. The lowest BCUT2D eigenvalue weighted by molar-refractivity contribution is 0.472. The number of sulfonamides is 1. The molecule has 2 aromatic carbocycles. The minimum Gasteiger partial charge on any atom is -0.264 e. The van der Waals surface area contributed by atoms with E-state index < -0.39 is 15.6 Å². The van der Waals surface area contributed by atoms with Crippen LogP contribution in [0, 0.1) is 13.8 Å². The molecule has 0 saturated carbocycles. The molecule has 5 heteroatoms. The second-order valence-electron chi connectivity index (χ2n) is 7.90. The van der Waals surface area contributed by atoms with Gasteiger partial charge in [0.15, 0.2) is 0 Å². The van der Waals surface area contributed by atoms with Crippen molar-refractivity contribution in [3.8, 4) is 11.1 Å². The Morgan fingerprint density at radius 2 is 1.76 bits per heavy atom. The highest BCUT2D eigenvalue weighted by atomic mass is 32.2. The molecule has 3 aromatic rings. The van der Waals surface area contributed by atoms with Crippen LogP contribution in [-0.2, 0) is 22.0 Å². The third kappa shape index (κ3) is 4.41. The van der Waals surface area contributed by atoms with Gasteiger partial charge in [-0.1, -0.05) is 37.3 Å². The number of aryl methyl sites for hydroxylation is 2. The van der Waals surface area contributed by atoms with Gasteiger partial charge in [0, 0.05) is 12.4 Å². The number of pyridine rings is 1. The van der Waals surface area contributed by atoms with Crippen molar-refractivity contribution >= 4 is 10.0 Å². The standard InChI is InChI=1S/C24H28N2O2S/c1-6-19-16-25-14-13-22(19)20-10-8-11-21(15-20)24(4,5)26-29(27,28)23-12-7-9-17(2)18(23)3/h7-16,26H,6H2,1-5H3. The molecule has 1 heterocycles. The molecule has 3 rings (SSSR count). The predicted molar refractivity (Wildman–Crippen MR) is 118 cm³/mol. The fourth-order valence-electron chi connectivity index (χ4n) is 3.53. The van der Waals surface area contributed by atoms with Crippen molar-refractivity contribution in [3.63, 3.8) is 0 Å². The number of aromatic nitrogens is 1. The molecule has 29 heavy (non-hydrogen) atoms. The maximum atomic E-state index is 13.1. The van der Waals surface area contributed by atoms with Gasteiger partial charge in [-0.05, 0) is 85.7 Å². The van der Waals surface area contributed by atoms with E-state index in [0.29, 0.717) is 4.90 Å². The lowest BCUT2D eigenvalue weighted by Crippen LogP contribution is -2.41. The number of benzene rings is 2. The van der Waals surface area contributed by atoms with Crippen molar-refractivity contribution < 1.29 is 8.42 Å². The number of nitrogens with one attached hydrogen (secondary N) is 1. The van der Waals surface area contributed by atoms with Crippen molar-refractivity contribution in [1.29, 1.82) is 0 Å². The summed E-state index contributed by atoms with van der Waals surface area (Å²) in [5.41, 5.74) is 5.20. The first-order valence-corrected chi connectivity index (χ1v) is 11.3. The average Bonchev–Trinajstić information content (AvgIpc) is 2.69. The molecule has 0 atom stereocenters. The summed E-state index contributed by atoms with van der Waals surface area (Å²) in [6.07, 6.45) is 4.56. The molecule has 0 aliphatic carbocycles. The average molecular weight is 409 g/mol. The SMILES string of the molecule is CCc1cnccc1-c1cccc(C(C)(C)NS(=O)(=O)c2cccc(C)c2C)c1. The summed E-state index contributed by atoms with van der Waals surface area (Å²) in [7, 11) is -3.67. The fraction of sp³-hybridized carbons (Fsp3) is 0.292. The van der Waals surface area contributed by atoms with E-state index in [0.717, 1.165) is 34.2 Å². The number of nitrogens with zero attached hydrogens (tertiary/aromatic N) is 1. The second kappa shape index (κ2) is 8.09. The van der Waals surface area contributed by atoms with Crippen LogP contribution in [-0.4, -0.2) is 13.4 Å². The third-order valence-corrected chi connectivity index (χ3v) is 7.21. The van der Waals surface area contributed by atoms with Crippen molar-refractivity contribution in [2.24, 2.45) is 0 Å². The zero-order chi connectivity index (χ0) is 21.2. The molecule has 152 valence electrons. The summed E-state index contributed by atoms with van der Waals surface area (Å²) in [5.74, 6) is 0. The Morgan fingerprint density at radius 1 is 1.03 bits per heavy atom. The molecule has 0 spiro atoms. The number of hydrogen-bond donors (Lipinski definition) is 1. The molecule has 0 amide bonds. The Bertz CT molecular complexity index is 1140. The van der Waals surface area contributed by atoms with Gasteiger partial charge in [-0.15, -0.1) is 0 Å². The maximum Gasteiger partial charge on any atom is 0.241 e. The highest BCUT2D eigenvalue weighted by Crippen LogP contribution is 2.30.